The van der Waals surface area contributed by atoms with Crippen molar-refractivity contribution in [3.8, 4) is 0 Å². The third-order valence-electron chi connectivity index (χ3n) is 3.15. The maximum absolute atomic E-state index is 6.40. The number of hydrogen-bond donors (Lipinski definition) is 0. The molecule has 0 radical (unpaired) electrons. The predicted octanol–water partition coefficient (Wildman–Crippen LogP) is 4.64. The molecule has 1 aliphatic rings. The Bertz CT molecular complexity index is 495. The minimum Gasteiger partial charge on any atom is -0.0833 e. The Labute approximate surface area is 98.8 Å². The predicted molar refractivity (Wildman–Crippen MR) is 66.0 cm³/mol. The fourth-order valence-corrected chi connectivity index (χ4v) is 3.17. The summed E-state index contributed by atoms with van der Waals surface area (Å²) < 4.78 is 0. The zero-order valence-electron chi connectivity index (χ0n) is 8.19. The maximum atomic E-state index is 6.40. The molecule has 15 heavy (non-hydrogen) atoms. The highest BCUT2D eigenvalue weighted by Gasteiger charge is 2.20. The smallest absolute Gasteiger partial charge is 0.0520 e. The van der Waals surface area contributed by atoms with E-state index in [0.29, 0.717) is 0 Å². The van der Waals surface area contributed by atoms with Gasteiger partial charge >= 0.3 is 0 Å². The Morgan fingerprint density at radius 3 is 1.73 bits per heavy atom. The lowest BCUT2D eigenvalue weighted by molar-refractivity contribution is 0.912. The van der Waals surface area contributed by atoms with Gasteiger partial charge in [0.1, 0.15) is 0 Å². The Kier molecular flexibility index (Phi) is 2.15. The lowest BCUT2D eigenvalue weighted by Crippen LogP contribution is -1.88. The summed E-state index contributed by atoms with van der Waals surface area (Å²) in [6, 6.07) is 8.10. The lowest BCUT2D eigenvalue weighted by atomic mass is 10.0. The number of rotatable bonds is 0. The molecule has 0 saturated heterocycles. The Morgan fingerprint density at radius 2 is 1.27 bits per heavy atom. The van der Waals surface area contributed by atoms with Gasteiger partial charge in [0.15, 0.2) is 0 Å². The van der Waals surface area contributed by atoms with Crippen molar-refractivity contribution in [3.05, 3.63) is 45.4 Å². The normalized spacial score (nSPS) is 14.5. The average molecular weight is 237 g/mol. The van der Waals surface area contributed by atoms with E-state index < -0.39 is 0 Å². The van der Waals surface area contributed by atoms with E-state index in [2.05, 4.69) is 0 Å². The number of fused-ring (bicyclic) bond motifs is 2. The van der Waals surface area contributed by atoms with Crippen molar-refractivity contribution in [2.24, 2.45) is 0 Å². The Morgan fingerprint density at radius 1 is 0.800 bits per heavy atom. The quantitative estimate of drug-likeness (QED) is 0.626. The molecule has 0 atom stereocenters. The van der Waals surface area contributed by atoms with Gasteiger partial charge in [-0.2, -0.15) is 0 Å². The minimum atomic E-state index is 0.905. The molecule has 0 nitrogen and oxygen atoms in total. The highest BCUT2D eigenvalue weighted by molar-refractivity contribution is 6.41. The van der Waals surface area contributed by atoms with Gasteiger partial charge in [-0.1, -0.05) is 47.5 Å². The zero-order valence-corrected chi connectivity index (χ0v) is 9.70. The second-order valence-corrected chi connectivity index (χ2v) is 4.74. The van der Waals surface area contributed by atoms with Crippen LogP contribution in [0.2, 0.25) is 10.0 Å². The van der Waals surface area contributed by atoms with Gasteiger partial charge in [-0.05, 0) is 30.4 Å². The second-order valence-electron chi connectivity index (χ2n) is 3.98. The van der Waals surface area contributed by atoms with Crippen molar-refractivity contribution < 1.29 is 0 Å². The van der Waals surface area contributed by atoms with Crippen molar-refractivity contribution in [1.29, 1.82) is 0 Å². The van der Waals surface area contributed by atoms with E-state index in [9.17, 15) is 0 Å². The van der Waals surface area contributed by atoms with Crippen molar-refractivity contribution in [3.63, 3.8) is 0 Å². The fourth-order valence-electron chi connectivity index (χ4n) is 2.42. The Balaban J connectivity index is 2.51. The van der Waals surface area contributed by atoms with Crippen LogP contribution in [0.4, 0.5) is 0 Å². The van der Waals surface area contributed by atoms with Crippen LogP contribution in [0.3, 0.4) is 0 Å². The van der Waals surface area contributed by atoms with E-state index in [4.69, 9.17) is 23.2 Å². The van der Waals surface area contributed by atoms with Crippen LogP contribution in [0.15, 0.2) is 24.3 Å². The molecule has 0 amide bonds. The van der Waals surface area contributed by atoms with Gasteiger partial charge < -0.3 is 0 Å². The second kappa shape index (κ2) is 3.40. The summed E-state index contributed by atoms with van der Waals surface area (Å²) >= 11 is 12.8. The molecule has 2 aromatic rings. The molecule has 76 valence electrons. The standard InChI is InChI=1S/C13H10Cl2/c14-12-8-4-1-2-5-9(8)13(15)11-7-3-6-10(11)12/h1-2,4-5H,3,6-7H2. The van der Waals surface area contributed by atoms with Crippen LogP contribution >= 0.6 is 23.2 Å². The lowest BCUT2D eigenvalue weighted by Gasteiger charge is -2.10. The summed E-state index contributed by atoms with van der Waals surface area (Å²) in [6.07, 6.45) is 3.31. The highest BCUT2D eigenvalue weighted by Crippen LogP contribution is 2.41. The third kappa shape index (κ3) is 1.28. The van der Waals surface area contributed by atoms with Crippen molar-refractivity contribution in [2.45, 2.75) is 19.3 Å². The third-order valence-corrected chi connectivity index (χ3v) is 4.01. The highest BCUT2D eigenvalue weighted by atomic mass is 35.5. The molecule has 0 N–H and O–H groups in total. The first-order chi connectivity index (χ1) is 7.29. The summed E-state index contributed by atoms with van der Waals surface area (Å²) in [5, 5.41) is 3.99. The molecule has 0 fully saturated rings. The van der Waals surface area contributed by atoms with Crippen LogP contribution < -0.4 is 0 Å². The van der Waals surface area contributed by atoms with Crippen LogP contribution in [0.25, 0.3) is 10.8 Å². The van der Waals surface area contributed by atoms with E-state index in [1.54, 1.807) is 0 Å². The molecular weight excluding hydrogens is 227 g/mol. The van der Waals surface area contributed by atoms with Crippen molar-refractivity contribution >= 4 is 34.0 Å². The van der Waals surface area contributed by atoms with Crippen molar-refractivity contribution in [2.75, 3.05) is 0 Å². The molecule has 0 aliphatic heterocycles. The van der Waals surface area contributed by atoms with E-state index in [-0.39, 0.29) is 0 Å². The molecular formula is C13H10Cl2. The number of hydrogen-bond acceptors (Lipinski definition) is 0. The first kappa shape index (κ1) is 9.50. The summed E-state index contributed by atoms with van der Waals surface area (Å²) in [4.78, 5) is 0. The first-order valence-electron chi connectivity index (χ1n) is 5.16. The van der Waals surface area contributed by atoms with Gasteiger partial charge in [0.05, 0.1) is 10.0 Å². The van der Waals surface area contributed by atoms with E-state index in [1.807, 2.05) is 24.3 Å². The molecule has 0 bridgehead atoms. The van der Waals surface area contributed by atoms with Gasteiger partial charge in [0.2, 0.25) is 0 Å². The van der Waals surface area contributed by atoms with Crippen LogP contribution in [0, 0.1) is 0 Å². The van der Waals surface area contributed by atoms with Gasteiger partial charge in [-0.3, -0.25) is 0 Å². The average Bonchev–Trinajstić information content (AvgIpc) is 2.75. The van der Waals surface area contributed by atoms with Gasteiger partial charge in [-0.15, -0.1) is 0 Å². The first-order valence-corrected chi connectivity index (χ1v) is 5.92. The van der Waals surface area contributed by atoms with Crippen molar-refractivity contribution in [1.82, 2.24) is 0 Å². The number of halogens is 2. The molecule has 0 unspecified atom stereocenters. The van der Waals surface area contributed by atoms with Crippen LogP contribution in [-0.2, 0) is 12.8 Å². The van der Waals surface area contributed by atoms with Gasteiger partial charge in [0, 0.05) is 10.8 Å². The minimum absolute atomic E-state index is 0.905. The van der Waals surface area contributed by atoms with Crippen LogP contribution in [0.5, 0.6) is 0 Å². The van der Waals surface area contributed by atoms with Gasteiger partial charge in [0.25, 0.3) is 0 Å². The van der Waals surface area contributed by atoms with Crippen LogP contribution in [-0.4, -0.2) is 0 Å². The summed E-state index contributed by atoms with van der Waals surface area (Å²) in [7, 11) is 0. The monoisotopic (exact) mass is 236 g/mol. The molecule has 0 saturated carbocycles. The molecule has 0 heterocycles. The largest absolute Gasteiger partial charge is 0.0833 e. The van der Waals surface area contributed by atoms with Gasteiger partial charge in [-0.25, -0.2) is 0 Å². The number of benzene rings is 2. The summed E-state index contributed by atoms with van der Waals surface area (Å²) in [5.74, 6) is 0. The molecule has 3 rings (SSSR count). The van der Waals surface area contributed by atoms with Crippen LogP contribution in [0.1, 0.15) is 17.5 Å². The molecule has 2 aromatic carbocycles. The van der Waals surface area contributed by atoms with E-state index in [0.717, 1.165) is 33.7 Å². The molecule has 2 heteroatoms. The summed E-state index contributed by atoms with van der Waals surface area (Å²) in [6.45, 7) is 0. The van der Waals surface area contributed by atoms with E-state index in [1.165, 1.54) is 17.5 Å². The maximum Gasteiger partial charge on any atom is 0.0520 e. The topological polar surface area (TPSA) is 0 Å². The molecule has 0 spiro atoms. The molecule has 1 aliphatic carbocycles. The molecule has 0 aromatic heterocycles. The summed E-state index contributed by atoms with van der Waals surface area (Å²) in [5.41, 5.74) is 2.53. The zero-order chi connectivity index (χ0) is 10.4. The Hall–Kier alpha value is -0.720. The SMILES string of the molecule is Clc1c2c(c(Cl)c3ccccc13)CCC2. The fraction of sp³-hybridized carbons (Fsp3) is 0.231. The van der Waals surface area contributed by atoms with E-state index >= 15 is 0 Å².